The molecule has 33 heavy (non-hydrogen) atoms. The van der Waals surface area contributed by atoms with E-state index in [9.17, 15) is 14.7 Å². The molecule has 0 aliphatic carbocycles. The van der Waals surface area contributed by atoms with Gasteiger partial charge in [-0.15, -0.1) is 0 Å². The molecule has 1 fully saturated rings. The number of amides is 1. The molecule has 168 valence electrons. The zero-order valence-electron chi connectivity index (χ0n) is 18.5. The summed E-state index contributed by atoms with van der Waals surface area (Å²) < 4.78 is 5.53. The number of rotatable bonds is 5. The maximum Gasteiger partial charge on any atom is 0.300 e. The van der Waals surface area contributed by atoms with E-state index in [1.165, 1.54) is 4.90 Å². The fourth-order valence-electron chi connectivity index (χ4n) is 4.11. The molecule has 2 heterocycles. The van der Waals surface area contributed by atoms with Crippen molar-refractivity contribution in [1.82, 2.24) is 4.98 Å². The van der Waals surface area contributed by atoms with Crippen molar-refractivity contribution in [2.45, 2.75) is 26.8 Å². The molecule has 1 saturated heterocycles. The number of pyridine rings is 1. The van der Waals surface area contributed by atoms with Crippen LogP contribution in [-0.4, -0.2) is 28.4 Å². The molecule has 1 N–H and O–H groups in total. The van der Waals surface area contributed by atoms with Gasteiger partial charge in [0.25, 0.3) is 11.7 Å². The van der Waals surface area contributed by atoms with Crippen LogP contribution in [0.5, 0.6) is 5.75 Å². The molecule has 7 heteroatoms. The van der Waals surface area contributed by atoms with E-state index >= 15 is 0 Å². The highest BCUT2D eigenvalue weighted by Gasteiger charge is 2.47. The first-order valence-electron chi connectivity index (χ1n) is 10.5. The Labute approximate surface area is 197 Å². The van der Waals surface area contributed by atoms with Crippen molar-refractivity contribution in [3.05, 3.63) is 93.8 Å². The van der Waals surface area contributed by atoms with E-state index in [0.717, 1.165) is 11.1 Å². The van der Waals surface area contributed by atoms with Crippen molar-refractivity contribution in [2.75, 3.05) is 11.5 Å². The maximum atomic E-state index is 13.3. The Balaban J connectivity index is 1.96. The molecule has 0 saturated carbocycles. The minimum absolute atomic E-state index is 0.0401. The molecule has 1 atom stereocenters. The second kappa shape index (κ2) is 9.08. The average molecular weight is 463 g/mol. The van der Waals surface area contributed by atoms with E-state index in [1.807, 2.05) is 39.0 Å². The summed E-state index contributed by atoms with van der Waals surface area (Å²) in [6, 6.07) is 13.1. The lowest BCUT2D eigenvalue weighted by molar-refractivity contribution is -0.132. The minimum Gasteiger partial charge on any atom is -0.507 e. The normalized spacial score (nSPS) is 17.5. The molecule has 4 rings (SSSR count). The number of aromatic nitrogens is 1. The zero-order chi connectivity index (χ0) is 23.7. The van der Waals surface area contributed by atoms with Crippen molar-refractivity contribution < 1.29 is 19.4 Å². The van der Waals surface area contributed by atoms with Crippen molar-refractivity contribution >= 4 is 34.7 Å². The Kier molecular flexibility index (Phi) is 6.20. The predicted octanol–water partition coefficient (Wildman–Crippen LogP) is 5.38. The Hall–Kier alpha value is -3.64. The van der Waals surface area contributed by atoms with Gasteiger partial charge in [-0.05, 0) is 68.3 Å². The lowest BCUT2D eigenvalue weighted by atomic mass is 9.95. The summed E-state index contributed by atoms with van der Waals surface area (Å²) in [5.74, 6) is -1.36. The number of aryl methyl sites for hydroxylation is 2. The molecular formula is C26H23ClN2O4. The second-order valence-electron chi connectivity index (χ2n) is 7.81. The zero-order valence-corrected chi connectivity index (χ0v) is 19.3. The van der Waals surface area contributed by atoms with Crippen LogP contribution in [0.1, 0.15) is 35.2 Å². The van der Waals surface area contributed by atoms with Crippen LogP contribution in [-0.2, 0) is 9.59 Å². The number of ketones is 1. The number of halogens is 1. The minimum atomic E-state index is -0.846. The molecule has 0 spiro atoms. The van der Waals surface area contributed by atoms with Crippen molar-refractivity contribution in [3.63, 3.8) is 0 Å². The monoisotopic (exact) mass is 462 g/mol. The fourth-order valence-corrected chi connectivity index (χ4v) is 4.31. The number of carbonyl (C=O) groups is 2. The van der Waals surface area contributed by atoms with Crippen LogP contribution in [0, 0.1) is 13.8 Å². The molecule has 1 aliphatic rings. The van der Waals surface area contributed by atoms with E-state index in [-0.39, 0.29) is 21.9 Å². The molecule has 1 aromatic heterocycles. The van der Waals surface area contributed by atoms with Gasteiger partial charge in [0, 0.05) is 23.6 Å². The summed E-state index contributed by atoms with van der Waals surface area (Å²) in [5.41, 5.74) is 3.29. The third-order valence-corrected chi connectivity index (χ3v) is 5.91. The number of aliphatic hydroxyl groups is 1. The lowest BCUT2D eigenvalue weighted by Crippen LogP contribution is -2.30. The Morgan fingerprint density at radius 2 is 1.82 bits per heavy atom. The molecule has 3 aromatic rings. The molecule has 0 bridgehead atoms. The first kappa shape index (κ1) is 22.6. The standard InChI is InChI=1S/C26H23ClN2O4/c1-4-33-18-6-7-20(27)19(14-18)24(30)22-23(17-9-11-28-12-10-17)29(26(32)25(22)31)21-8-5-15(2)13-16(21)3/h5-14,23,30H,4H2,1-3H3/b24-22+. The van der Waals surface area contributed by atoms with Gasteiger partial charge < -0.3 is 9.84 Å². The number of benzene rings is 2. The number of Topliss-reactive ketones (excluding diaryl/α,β-unsaturated/α-hetero) is 1. The highest BCUT2D eigenvalue weighted by molar-refractivity contribution is 6.52. The Bertz CT molecular complexity index is 1270. The SMILES string of the molecule is CCOc1ccc(Cl)c(/C(O)=C2\C(=O)C(=O)N(c3ccc(C)cc3C)C2c2ccncc2)c1. The molecule has 1 unspecified atom stereocenters. The van der Waals surface area contributed by atoms with Gasteiger partial charge in [0.15, 0.2) is 0 Å². The van der Waals surface area contributed by atoms with Crippen molar-refractivity contribution in [3.8, 4) is 5.75 Å². The summed E-state index contributed by atoms with van der Waals surface area (Å²) >= 11 is 6.37. The van der Waals surface area contributed by atoms with Crippen LogP contribution in [0.15, 0.2) is 66.5 Å². The number of ether oxygens (including phenoxy) is 1. The van der Waals surface area contributed by atoms with Crippen LogP contribution in [0.3, 0.4) is 0 Å². The Morgan fingerprint density at radius 3 is 2.48 bits per heavy atom. The smallest absolute Gasteiger partial charge is 0.300 e. The van der Waals surface area contributed by atoms with Crippen molar-refractivity contribution in [1.29, 1.82) is 0 Å². The van der Waals surface area contributed by atoms with E-state index in [1.54, 1.807) is 42.7 Å². The molecule has 2 aromatic carbocycles. The first-order chi connectivity index (χ1) is 15.8. The van der Waals surface area contributed by atoms with Gasteiger partial charge in [0.1, 0.15) is 11.5 Å². The third-order valence-electron chi connectivity index (χ3n) is 5.58. The Morgan fingerprint density at radius 1 is 1.09 bits per heavy atom. The molecule has 1 amide bonds. The number of hydrogen-bond acceptors (Lipinski definition) is 5. The number of carbonyl (C=O) groups excluding carboxylic acids is 2. The largest absolute Gasteiger partial charge is 0.507 e. The van der Waals surface area contributed by atoms with Crippen molar-refractivity contribution in [2.24, 2.45) is 0 Å². The highest BCUT2D eigenvalue weighted by atomic mass is 35.5. The van der Waals surface area contributed by atoms with Crippen LogP contribution in [0.25, 0.3) is 5.76 Å². The van der Waals surface area contributed by atoms with E-state index in [2.05, 4.69) is 4.98 Å². The number of aliphatic hydroxyl groups excluding tert-OH is 1. The van der Waals surface area contributed by atoms with E-state index < -0.39 is 17.7 Å². The predicted molar refractivity (Wildman–Crippen MR) is 128 cm³/mol. The maximum absolute atomic E-state index is 13.3. The van der Waals surface area contributed by atoms with E-state index in [4.69, 9.17) is 16.3 Å². The fraction of sp³-hybridized carbons (Fsp3) is 0.192. The van der Waals surface area contributed by atoms with Gasteiger partial charge >= 0.3 is 0 Å². The van der Waals surface area contributed by atoms with Gasteiger partial charge in [0.05, 0.1) is 23.2 Å². The molecular weight excluding hydrogens is 440 g/mol. The van der Waals surface area contributed by atoms with E-state index in [0.29, 0.717) is 23.6 Å². The number of hydrogen-bond donors (Lipinski definition) is 1. The topological polar surface area (TPSA) is 79.7 Å². The first-order valence-corrected chi connectivity index (χ1v) is 10.9. The summed E-state index contributed by atoms with van der Waals surface area (Å²) in [6.07, 6.45) is 3.17. The van der Waals surface area contributed by atoms with Crippen LogP contribution in [0.4, 0.5) is 5.69 Å². The van der Waals surface area contributed by atoms with Gasteiger partial charge in [-0.25, -0.2) is 0 Å². The lowest BCUT2D eigenvalue weighted by Gasteiger charge is -2.27. The van der Waals surface area contributed by atoms with Crippen LogP contribution < -0.4 is 9.64 Å². The van der Waals surface area contributed by atoms with Gasteiger partial charge in [-0.3, -0.25) is 19.5 Å². The van der Waals surface area contributed by atoms with Crippen LogP contribution >= 0.6 is 11.6 Å². The highest BCUT2D eigenvalue weighted by Crippen LogP contribution is 2.44. The number of nitrogens with zero attached hydrogens (tertiary/aromatic N) is 2. The summed E-state index contributed by atoms with van der Waals surface area (Å²) in [5, 5.41) is 11.6. The summed E-state index contributed by atoms with van der Waals surface area (Å²) in [7, 11) is 0. The summed E-state index contributed by atoms with van der Waals surface area (Å²) in [6.45, 7) is 6.11. The molecule has 0 radical (unpaired) electrons. The second-order valence-corrected chi connectivity index (χ2v) is 8.22. The van der Waals surface area contributed by atoms with Gasteiger partial charge in [-0.2, -0.15) is 0 Å². The third kappa shape index (κ3) is 4.10. The van der Waals surface area contributed by atoms with Crippen LogP contribution in [0.2, 0.25) is 5.02 Å². The van der Waals surface area contributed by atoms with Gasteiger partial charge in [-0.1, -0.05) is 29.3 Å². The quantitative estimate of drug-likeness (QED) is 0.313. The van der Waals surface area contributed by atoms with Gasteiger partial charge in [0.2, 0.25) is 0 Å². The molecule has 6 nitrogen and oxygen atoms in total. The number of anilines is 1. The average Bonchev–Trinajstić information content (AvgIpc) is 3.06. The summed E-state index contributed by atoms with van der Waals surface area (Å²) in [4.78, 5) is 32.1. The molecule has 1 aliphatic heterocycles.